The normalized spacial score (nSPS) is 20.3. The van der Waals surface area contributed by atoms with Crippen LogP contribution in [0.4, 0.5) is 0 Å². The summed E-state index contributed by atoms with van der Waals surface area (Å²) < 4.78 is 10.2. The molecule has 1 atom stereocenters. The maximum absolute atomic E-state index is 11.9. The summed E-state index contributed by atoms with van der Waals surface area (Å²) >= 11 is 0. The molecule has 1 aliphatic rings. The third-order valence-electron chi connectivity index (χ3n) is 3.51. The van der Waals surface area contributed by atoms with Crippen LogP contribution in [0.15, 0.2) is 4.63 Å². The average Bonchev–Trinajstić information content (AvgIpc) is 2.82. The molecule has 1 N–H and O–H groups in total. The van der Waals surface area contributed by atoms with E-state index in [0.29, 0.717) is 37.0 Å². The van der Waals surface area contributed by atoms with Gasteiger partial charge >= 0.3 is 0 Å². The molecule has 0 aromatic carbocycles. The molecule has 1 amide bonds. The van der Waals surface area contributed by atoms with Crippen molar-refractivity contribution in [3.63, 3.8) is 0 Å². The maximum Gasteiger partial charge on any atom is 0.222 e. The van der Waals surface area contributed by atoms with Gasteiger partial charge in [0.1, 0.15) is 11.4 Å². The lowest BCUT2D eigenvalue weighted by molar-refractivity contribution is -0.126. The van der Waals surface area contributed by atoms with E-state index in [1.54, 1.807) is 6.92 Å². The predicted octanol–water partition coefficient (Wildman–Crippen LogP) is 0.494. The Balaban J connectivity index is 1.75. The lowest BCUT2D eigenvalue weighted by Gasteiger charge is -2.35. The summed E-state index contributed by atoms with van der Waals surface area (Å²) in [5.41, 5.74) is 1.36. The molecule has 0 spiro atoms. The van der Waals surface area contributed by atoms with Gasteiger partial charge < -0.3 is 10.1 Å². The number of morpholine rings is 1. The minimum atomic E-state index is -0.0392. The summed E-state index contributed by atoms with van der Waals surface area (Å²) in [6, 6.07) is 0.480. The van der Waals surface area contributed by atoms with Crippen molar-refractivity contribution in [3.8, 4) is 0 Å². The number of nitrogens with zero attached hydrogens (tertiary/aromatic N) is 3. The summed E-state index contributed by atoms with van der Waals surface area (Å²) in [5.74, 6) is -0.0389. The van der Waals surface area contributed by atoms with E-state index in [-0.39, 0.29) is 12.0 Å². The predicted molar refractivity (Wildman–Crippen MR) is 71.9 cm³/mol. The number of carbonyl (C=O) groups is 1. The van der Waals surface area contributed by atoms with Gasteiger partial charge in [0, 0.05) is 19.1 Å². The van der Waals surface area contributed by atoms with Gasteiger partial charge in [-0.05, 0) is 20.8 Å². The lowest BCUT2D eigenvalue weighted by atomic mass is 10.1. The van der Waals surface area contributed by atoms with Gasteiger partial charge in [0.25, 0.3) is 0 Å². The van der Waals surface area contributed by atoms with Crippen LogP contribution in [0.3, 0.4) is 0 Å². The second-order valence-corrected chi connectivity index (χ2v) is 5.36. The quantitative estimate of drug-likeness (QED) is 0.846. The molecule has 1 aliphatic heterocycles. The van der Waals surface area contributed by atoms with E-state index in [0.717, 1.165) is 13.1 Å². The van der Waals surface area contributed by atoms with Crippen LogP contribution in [0.1, 0.15) is 31.7 Å². The van der Waals surface area contributed by atoms with E-state index < -0.39 is 0 Å². The summed E-state index contributed by atoms with van der Waals surface area (Å²) in [4.78, 5) is 14.2. The largest absolute Gasteiger partial charge is 0.375 e. The molecule has 1 unspecified atom stereocenters. The Morgan fingerprint density at radius 3 is 2.95 bits per heavy atom. The zero-order valence-corrected chi connectivity index (χ0v) is 12.3. The number of hydrogen-bond acceptors (Lipinski definition) is 6. The van der Waals surface area contributed by atoms with Gasteiger partial charge in [-0.15, -0.1) is 0 Å². The van der Waals surface area contributed by atoms with Crippen molar-refractivity contribution in [2.75, 3.05) is 19.7 Å². The number of amides is 1. The molecular formula is C13H22N4O3. The fourth-order valence-corrected chi connectivity index (χ4v) is 2.21. The second kappa shape index (κ2) is 6.81. The Labute approximate surface area is 118 Å². The molecule has 7 heteroatoms. The van der Waals surface area contributed by atoms with Gasteiger partial charge in [0.2, 0.25) is 5.91 Å². The molecule has 0 saturated carbocycles. The molecule has 1 saturated heterocycles. The smallest absolute Gasteiger partial charge is 0.222 e. The minimum absolute atomic E-state index is 0.0389. The molecule has 7 nitrogen and oxygen atoms in total. The van der Waals surface area contributed by atoms with Crippen LogP contribution in [0.5, 0.6) is 0 Å². The first kappa shape index (κ1) is 14.9. The highest BCUT2D eigenvalue weighted by molar-refractivity contribution is 5.76. The fourth-order valence-electron chi connectivity index (χ4n) is 2.21. The minimum Gasteiger partial charge on any atom is -0.375 e. The molecule has 1 aromatic rings. The van der Waals surface area contributed by atoms with Gasteiger partial charge in [-0.3, -0.25) is 9.69 Å². The van der Waals surface area contributed by atoms with Crippen LogP contribution in [0, 0.1) is 6.92 Å². The third-order valence-corrected chi connectivity index (χ3v) is 3.51. The highest BCUT2D eigenvalue weighted by atomic mass is 16.6. The molecule has 0 radical (unpaired) electrons. The number of rotatable bonds is 5. The van der Waals surface area contributed by atoms with Crippen LogP contribution in [-0.2, 0) is 16.1 Å². The molecule has 2 rings (SSSR count). The van der Waals surface area contributed by atoms with E-state index in [2.05, 4.69) is 39.0 Å². The number of carbonyl (C=O) groups excluding carboxylic acids is 1. The van der Waals surface area contributed by atoms with Crippen molar-refractivity contribution in [3.05, 3.63) is 11.4 Å². The number of nitrogens with one attached hydrogen (secondary N) is 1. The van der Waals surface area contributed by atoms with Crippen molar-refractivity contribution in [2.24, 2.45) is 0 Å². The van der Waals surface area contributed by atoms with E-state index in [4.69, 9.17) is 4.74 Å². The average molecular weight is 282 g/mol. The summed E-state index contributed by atoms with van der Waals surface area (Å²) in [6.45, 7) is 8.86. The topological polar surface area (TPSA) is 80.5 Å². The highest BCUT2D eigenvalue weighted by Gasteiger charge is 2.24. The molecule has 1 aromatic heterocycles. The van der Waals surface area contributed by atoms with E-state index in [9.17, 15) is 4.79 Å². The molecular weight excluding hydrogens is 260 g/mol. The van der Waals surface area contributed by atoms with Crippen LogP contribution < -0.4 is 5.32 Å². The Morgan fingerprint density at radius 2 is 2.30 bits per heavy atom. The Bertz CT molecular complexity index is 447. The van der Waals surface area contributed by atoms with Crippen molar-refractivity contribution in [1.29, 1.82) is 0 Å². The van der Waals surface area contributed by atoms with Gasteiger partial charge in [-0.25, -0.2) is 4.63 Å². The second-order valence-electron chi connectivity index (χ2n) is 5.36. The molecule has 0 bridgehead atoms. The third kappa shape index (κ3) is 4.01. The molecule has 0 aliphatic carbocycles. The zero-order valence-electron chi connectivity index (χ0n) is 12.3. The SMILES string of the molecule is Cc1nonc1CNC(=O)CC1CN(C(C)C)CCO1. The first-order valence-corrected chi connectivity index (χ1v) is 6.96. The van der Waals surface area contributed by atoms with Crippen LogP contribution in [0.2, 0.25) is 0 Å². The van der Waals surface area contributed by atoms with Crippen molar-refractivity contribution in [2.45, 2.75) is 45.9 Å². The summed E-state index contributed by atoms with van der Waals surface area (Å²) in [7, 11) is 0. The van der Waals surface area contributed by atoms with E-state index in [1.807, 2.05) is 0 Å². The van der Waals surface area contributed by atoms with Crippen LogP contribution >= 0.6 is 0 Å². The summed E-state index contributed by atoms with van der Waals surface area (Å²) in [5, 5.41) is 10.2. The summed E-state index contributed by atoms with van der Waals surface area (Å²) in [6.07, 6.45) is 0.329. The zero-order chi connectivity index (χ0) is 14.5. The van der Waals surface area contributed by atoms with Gasteiger partial charge in [0.15, 0.2) is 0 Å². The molecule has 20 heavy (non-hydrogen) atoms. The van der Waals surface area contributed by atoms with Crippen LogP contribution in [0.25, 0.3) is 0 Å². The Morgan fingerprint density at radius 1 is 1.50 bits per heavy atom. The Kier molecular flexibility index (Phi) is 5.08. The van der Waals surface area contributed by atoms with Gasteiger partial charge in [-0.2, -0.15) is 0 Å². The number of aryl methyl sites for hydroxylation is 1. The fraction of sp³-hybridized carbons (Fsp3) is 0.769. The lowest BCUT2D eigenvalue weighted by Crippen LogP contribution is -2.47. The standard InChI is InChI=1S/C13H22N4O3/c1-9(2)17-4-5-19-11(8-17)6-13(18)14-7-12-10(3)15-20-16-12/h9,11H,4-8H2,1-3H3,(H,14,18). The number of aromatic nitrogens is 2. The highest BCUT2D eigenvalue weighted by Crippen LogP contribution is 2.11. The Hall–Kier alpha value is -1.47. The van der Waals surface area contributed by atoms with Crippen molar-refractivity contribution in [1.82, 2.24) is 20.5 Å². The number of hydrogen-bond donors (Lipinski definition) is 1. The first-order chi connectivity index (χ1) is 9.56. The van der Waals surface area contributed by atoms with Gasteiger partial charge in [-0.1, -0.05) is 10.3 Å². The molecule has 112 valence electrons. The monoisotopic (exact) mass is 282 g/mol. The first-order valence-electron chi connectivity index (χ1n) is 6.96. The maximum atomic E-state index is 11.9. The van der Waals surface area contributed by atoms with E-state index >= 15 is 0 Å². The molecule has 1 fully saturated rings. The van der Waals surface area contributed by atoms with Crippen LogP contribution in [-0.4, -0.2) is 53.0 Å². The number of ether oxygens (including phenoxy) is 1. The van der Waals surface area contributed by atoms with Gasteiger partial charge in [0.05, 0.1) is 25.7 Å². The van der Waals surface area contributed by atoms with Crippen molar-refractivity contribution >= 4 is 5.91 Å². The van der Waals surface area contributed by atoms with E-state index in [1.165, 1.54) is 0 Å². The molecule has 2 heterocycles. The van der Waals surface area contributed by atoms with Crippen molar-refractivity contribution < 1.29 is 14.2 Å².